The van der Waals surface area contributed by atoms with Crippen molar-refractivity contribution in [1.82, 2.24) is 4.90 Å². The van der Waals surface area contributed by atoms with Gasteiger partial charge in [0, 0.05) is 21.7 Å². The molecule has 1 fully saturated rings. The SMILES string of the molecule is CC=CC(Cl)=CCC1OC(CC(=O)O)C(=O)N(C(CC)CS(=O)(=O)C(C)(C)C)C1c1ccc(Cl)cc1F. The maximum atomic E-state index is 15.3. The standard InChI is InChI=1S/C26H34Cl2FNO6S/c1-6-8-16(27)10-12-21-24(19-11-9-17(28)13-20(19)29)30(25(33)22(36-21)14-23(31)32)18(7-2)15-37(34,35)26(3,4)5/h6,8-11,13,18,21-22,24H,7,12,14-15H2,1-5H3,(H,31,32). The molecule has 1 aliphatic rings. The number of aliphatic carboxylic acids is 1. The van der Waals surface area contributed by atoms with Gasteiger partial charge in [0.05, 0.1) is 29.1 Å². The Morgan fingerprint density at radius 1 is 1.32 bits per heavy atom. The lowest BCUT2D eigenvalue weighted by atomic mass is 9.91. The van der Waals surface area contributed by atoms with Crippen LogP contribution in [0.5, 0.6) is 0 Å². The second-order valence-corrected chi connectivity index (χ2v) is 13.6. The molecule has 1 N–H and O–H groups in total. The number of ether oxygens (including phenoxy) is 1. The Kier molecular flexibility index (Phi) is 10.8. The summed E-state index contributed by atoms with van der Waals surface area (Å²) in [5.41, 5.74) is 0.0821. The first kappa shape index (κ1) is 31.3. The number of rotatable bonds is 10. The van der Waals surface area contributed by atoms with E-state index in [9.17, 15) is 23.1 Å². The first-order valence-corrected chi connectivity index (χ1v) is 14.4. The number of sulfone groups is 1. The molecule has 0 aliphatic carbocycles. The second kappa shape index (κ2) is 12.7. The van der Waals surface area contributed by atoms with E-state index in [4.69, 9.17) is 27.9 Å². The summed E-state index contributed by atoms with van der Waals surface area (Å²) in [7, 11) is -3.70. The number of carbonyl (C=O) groups is 2. The molecular weight excluding hydrogens is 544 g/mol. The van der Waals surface area contributed by atoms with E-state index in [0.717, 1.165) is 6.07 Å². The predicted octanol–water partition coefficient (Wildman–Crippen LogP) is 5.67. The molecule has 1 aliphatic heterocycles. The molecule has 0 bridgehead atoms. The van der Waals surface area contributed by atoms with Gasteiger partial charge in [0.1, 0.15) is 11.9 Å². The largest absolute Gasteiger partial charge is 0.481 e. The highest BCUT2D eigenvalue weighted by Gasteiger charge is 2.48. The van der Waals surface area contributed by atoms with Gasteiger partial charge in [-0.25, -0.2) is 12.8 Å². The summed E-state index contributed by atoms with van der Waals surface area (Å²) >= 11 is 12.2. The van der Waals surface area contributed by atoms with Gasteiger partial charge in [-0.15, -0.1) is 0 Å². The predicted molar refractivity (Wildman–Crippen MR) is 143 cm³/mol. The van der Waals surface area contributed by atoms with E-state index < -0.39 is 63.0 Å². The van der Waals surface area contributed by atoms with Gasteiger partial charge in [-0.05, 0) is 58.7 Å². The number of carbonyl (C=O) groups excluding carboxylic acids is 1. The van der Waals surface area contributed by atoms with Crippen molar-refractivity contribution in [3.05, 3.63) is 57.9 Å². The van der Waals surface area contributed by atoms with Crippen molar-refractivity contribution in [2.75, 3.05) is 5.75 Å². The van der Waals surface area contributed by atoms with Crippen molar-refractivity contribution in [2.45, 2.75) is 82.9 Å². The lowest BCUT2D eigenvalue weighted by Crippen LogP contribution is -2.59. The molecule has 1 amide bonds. The van der Waals surface area contributed by atoms with Gasteiger partial charge < -0.3 is 14.7 Å². The van der Waals surface area contributed by atoms with Crippen LogP contribution in [0.1, 0.15) is 65.5 Å². The molecule has 206 valence electrons. The monoisotopic (exact) mass is 577 g/mol. The second-order valence-electron chi connectivity index (χ2n) is 9.90. The lowest BCUT2D eigenvalue weighted by molar-refractivity contribution is -0.181. The summed E-state index contributed by atoms with van der Waals surface area (Å²) < 4.78 is 46.5. The van der Waals surface area contributed by atoms with E-state index in [2.05, 4.69) is 0 Å². The van der Waals surface area contributed by atoms with Crippen LogP contribution in [-0.2, 0) is 24.2 Å². The summed E-state index contributed by atoms with van der Waals surface area (Å²) in [5.74, 6) is -3.05. The van der Waals surface area contributed by atoms with Crippen molar-refractivity contribution >= 4 is 44.9 Å². The molecule has 7 nitrogen and oxygen atoms in total. The Labute approximate surface area is 228 Å². The fraction of sp³-hybridized carbons (Fsp3) is 0.538. The summed E-state index contributed by atoms with van der Waals surface area (Å²) in [4.78, 5) is 26.5. The molecule has 4 atom stereocenters. The van der Waals surface area contributed by atoms with Crippen LogP contribution in [0.15, 0.2) is 41.5 Å². The van der Waals surface area contributed by atoms with Crippen LogP contribution in [0, 0.1) is 5.82 Å². The maximum absolute atomic E-state index is 15.3. The van der Waals surface area contributed by atoms with E-state index in [0.29, 0.717) is 5.03 Å². The fourth-order valence-electron chi connectivity index (χ4n) is 4.16. The number of morpholine rings is 1. The van der Waals surface area contributed by atoms with Crippen LogP contribution in [0.2, 0.25) is 5.02 Å². The van der Waals surface area contributed by atoms with Crippen LogP contribution in [0.4, 0.5) is 4.39 Å². The third kappa shape index (κ3) is 7.78. The van der Waals surface area contributed by atoms with Gasteiger partial charge in [0.2, 0.25) is 0 Å². The number of hydrogen-bond donors (Lipinski definition) is 1. The molecule has 1 saturated heterocycles. The summed E-state index contributed by atoms with van der Waals surface area (Å²) in [5, 5.41) is 9.95. The Morgan fingerprint density at radius 2 is 1.97 bits per heavy atom. The van der Waals surface area contributed by atoms with Crippen molar-refractivity contribution < 1.29 is 32.2 Å². The Bertz CT molecular complexity index is 1160. The van der Waals surface area contributed by atoms with Gasteiger partial charge in [-0.3, -0.25) is 9.59 Å². The van der Waals surface area contributed by atoms with E-state index in [1.807, 2.05) is 0 Å². The minimum Gasteiger partial charge on any atom is -0.481 e. The van der Waals surface area contributed by atoms with Crippen LogP contribution in [0.3, 0.4) is 0 Å². The molecule has 1 aromatic rings. The van der Waals surface area contributed by atoms with Gasteiger partial charge in [-0.2, -0.15) is 0 Å². The number of amides is 1. The topological polar surface area (TPSA) is 101 Å². The van der Waals surface area contributed by atoms with Crippen molar-refractivity contribution in [2.24, 2.45) is 0 Å². The Hall–Kier alpha value is -1.94. The summed E-state index contributed by atoms with van der Waals surface area (Å²) in [6.07, 6.45) is 2.42. The zero-order chi connectivity index (χ0) is 28.1. The number of nitrogens with zero attached hydrogens (tertiary/aromatic N) is 1. The van der Waals surface area contributed by atoms with Gasteiger partial charge >= 0.3 is 5.97 Å². The maximum Gasteiger partial charge on any atom is 0.306 e. The van der Waals surface area contributed by atoms with Crippen molar-refractivity contribution in [3.8, 4) is 0 Å². The number of halogens is 3. The molecule has 4 unspecified atom stereocenters. The first-order chi connectivity index (χ1) is 17.1. The number of carboxylic acids is 1. The zero-order valence-corrected chi connectivity index (χ0v) is 23.9. The van der Waals surface area contributed by atoms with Crippen LogP contribution < -0.4 is 0 Å². The minimum absolute atomic E-state index is 0.0821. The third-order valence-corrected chi connectivity index (χ3v) is 9.45. The van der Waals surface area contributed by atoms with Crippen LogP contribution >= 0.6 is 23.2 Å². The average Bonchev–Trinajstić information content (AvgIpc) is 2.77. The summed E-state index contributed by atoms with van der Waals surface area (Å²) in [6, 6.07) is 2.09. The molecule has 0 spiro atoms. The number of allylic oxidation sites excluding steroid dienone is 3. The molecule has 0 aromatic heterocycles. The van der Waals surface area contributed by atoms with Gasteiger partial charge in [0.25, 0.3) is 5.91 Å². The quantitative estimate of drug-likeness (QED) is 0.359. The molecule has 0 saturated carbocycles. The molecule has 0 radical (unpaired) electrons. The highest BCUT2D eigenvalue weighted by molar-refractivity contribution is 7.92. The average molecular weight is 579 g/mol. The minimum atomic E-state index is -3.70. The number of benzene rings is 1. The van der Waals surface area contributed by atoms with Gasteiger partial charge in [0.15, 0.2) is 9.84 Å². The number of carboxylic acid groups (broad SMARTS) is 1. The highest BCUT2D eigenvalue weighted by atomic mass is 35.5. The Balaban J connectivity index is 2.73. The van der Waals surface area contributed by atoms with E-state index in [1.54, 1.807) is 52.8 Å². The number of hydrogen-bond acceptors (Lipinski definition) is 5. The zero-order valence-electron chi connectivity index (χ0n) is 21.6. The first-order valence-electron chi connectivity index (χ1n) is 12.0. The van der Waals surface area contributed by atoms with Crippen molar-refractivity contribution in [1.29, 1.82) is 0 Å². The molecule has 2 rings (SSSR count). The van der Waals surface area contributed by atoms with E-state index in [-0.39, 0.29) is 29.2 Å². The summed E-state index contributed by atoms with van der Waals surface area (Å²) in [6.45, 7) is 8.21. The fourth-order valence-corrected chi connectivity index (χ4v) is 5.93. The highest BCUT2D eigenvalue weighted by Crippen LogP contribution is 2.40. The van der Waals surface area contributed by atoms with Gasteiger partial charge in [-0.1, -0.05) is 48.3 Å². The van der Waals surface area contributed by atoms with Crippen LogP contribution in [0.25, 0.3) is 0 Å². The molecule has 1 heterocycles. The van der Waals surface area contributed by atoms with E-state index in [1.165, 1.54) is 17.0 Å². The molecule has 37 heavy (non-hydrogen) atoms. The molecular formula is C26H34Cl2FNO6S. The van der Waals surface area contributed by atoms with Crippen molar-refractivity contribution in [3.63, 3.8) is 0 Å². The molecule has 11 heteroatoms. The van der Waals surface area contributed by atoms with Crippen LogP contribution in [-0.4, -0.2) is 59.1 Å². The Morgan fingerprint density at radius 3 is 2.49 bits per heavy atom. The normalized spacial score (nSPS) is 22.5. The molecule has 1 aromatic carbocycles. The van der Waals surface area contributed by atoms with E-state index >= 15 is 4.39 Å². The lowest BCUT2D eigenvalue weighted by Gasteiger charge is -2.48. The smallest absolute Gasteiger partial charge is 0.306 e. The third-order valence-electron chi connectivity index (χ3n) is 6.24.